The number of halogens is 3. The Morgan fingerprint density at radius 2 is 1.96 bits per heavy atom. The Bertz CT molecular complexity index is 665. The molecule has 0 fully saturated rings. The third-order valence-electron chi connectivity index (χ3n) is 3.21. The first kappa shape index (κ1) is 17.0. The third-order valence-corrected chi connectivity index (χ3v) is 3.21. The van der Waals surface area contributed by atoms with Crippen molar-refractivity contribution in [1.29, 1.82) is 0 Å². The van der Waals surface area contributed by atoms with Gasteiger partial charge in [-0.25, -0.2) is 4.68 Å². The van der Waals surface area contributed by atoms with E-state index in [2.05, 4.69) is 10.4 Å². The van der Waals surface area contributed by atoms with Gasteiger partial charge in [-0.1, -0.05) is 0 Å². The van der Waals surface area contributed by atoms with E-state index >= 15 is 0 Å². The summed E-state index contributed by atoms with van der Waals surface area (Å²) in [5.74, 6) is -0.311. The van der Waals surface area contributed by atoms with E-state index in [0.717, 1.165) is 10.7 Å². The Kier molecular flexibility index (Phi) is 5.05. The van der Waals surface area contributed by atoms with Crippen molar-refractivity contribution in [3.63, 3.8) is 0 Å². The quantitative estimate of drug-likeness (QED) is 0.886. The number of aliphatic hydroxyl groups excluding tert-OH is 1. The Labute approximate surface area is 130 Å². The van der Waals surface area contributed by atoms with Crippen molar-refractivity contribution < 1.29 is 23.1 Å². The SMILES string of the molecule is CC(CCO)NC(=O)c1ccc(-n2ccc(C(F)(F)F)n2)cc1. The Hall–Kier alpha value is -2.35. The summed E-state index contributed by atoms with van der Waals surface area (Å²) < 4.78 is 38.7. The predicted molar refractivity (Wildman–Crippen MR) is 77.2 cm³/mol. The number of carbonyl (C=O) groups excluding carboxylic acids is 1. The maximum Gasteiger partial charge on any atom is 0.435 e. The molecule has 2 aromatic rings. The van der Waals surface area contributed by atoms with Gasteiger partial charge in [0.2, 0.25) is 0 Å². The Morgan fingerprint density at radius 3 is 2.48 bits per heavy atom. The number of alkyl halides is 3. The minimum Gasteiger partial charge on any atom is -0.396 e. The lowest BCUT2D eigenvalue weighted by molar-refractivity contribution is -0.141. The molecule has 1 atom stereocenters. The number of rotatable bonds is 5. The molecular weight excluding hydrogens is 311 g/mol. The maximum absolute atomic E-state index is 12.5. The number of amides is 1. The van der Waals surface area contributed by atoms with Gasteiger partial charge in [-0.05, 0) is 43.7 Å². The first-order chi connectivity index (χ1) is 10.8. The van der Waals surface area contributed by atoms with Crippen LogP contribution in [0.25, 0.3) is 5.69 Å². The van der Waals surface area contributed by atoms with Crippen LogP contribution in [-0.2, 0) is 6.18 Å². The predicted octanol–water partition coefficient (Wildman–Crippen LogP) is 2.39. The zero-order chi connectivity index (χ0) is 17.0. The summed E-state index contributed by atoms with van der Waals surface area (Å²) in [6.07, 6.45) is -2.84. The molecule has 1 aromatic heterocycles. The molecule has 0 bridgehead atoms. The lowest BCUT2D eigenvalue weighted by Crippen LogP contribution is -2.33. The number of nitrogens with one attached hydrogen (secondary N) is 1. The van der Waals surface area contributed by atoms with Crippen molar-refractivity contribution in [2.24, 2.45) is 0 Å². The van der Waals surface area contributed by atoms with E-state index < -0.39 is 11.9 Å². The fraction of sp³-hybridized carbons (Fsp3) is 0.333. The lowest BCUT2D eigenvalue weighted by Gasteiger charge is -2.12. The first-order valence-corrected chi connectivity index (χ1v) is 6.96. The molecule has 5 nitrogen and oxygen atoms in total. The second-order valence-corrected chi connectivity index (χ2v) is 5.08. The first-order valence-electron chi connectivity index (χ1n) is 6.96. The molecule has 1 unspecified atom stereocenters. The molecule has 0 aliphatic heterocycles. The highest BCUT2D eigenvalue weighted by molar-refractivity contribution is 5.94. The van der Waals surface area contributed by atoms with Crippen LogP contribution in [0.3, 0.4) is 0 Å². The van der Waals surface area contributed by atoms with Crippen molar-refractivity contribution in [2.75, 3.05) is 6.61 Å². The summed E-state index contributed by atoms with van der Waals surface area (Å²) in [6, 6.07) is 6.75. The van der Waals surface area contributed by atoms with Gasteiger partial charge < -0.3 is 10.4 Å². The van der Waals surface area contributed by atoms with E-state index in [9.17, 15) is 18.0 Å². The van der Waals surface area contributed by atoms with Crippen LogP contribution in [0.1, 0.15) is 29.4 Å². The van der Waals surface area contributed by atoms with Crippen LogP contribution in [0.5, 0.6) is 0 Å². The third kappa shape index (κ3) is 4.32. The van der Waals surface area contributed by atoms with Gasteiger partial charge in [0, 0.05) is 24.4 Å². The molecule has 1 aromatic carbocycles. The highest BCUT2D eigenvalue weighted by Gasteiger charge is 2.33. The van der Waals surface area contributed by atoms with Gasteiger partial charge in [-0.15, -0.1) is 0 Å². The van der Waals surface area contributed by atoms with E-state index in [1.807, 2.05) is 0 Å². The highest BCUT2D eigenvalue weighted by atomic mass is 19.4. The molecule has 1 heterocycles. The maximum atomic E-state index is 12.5. The Morgan fingerprint density at radius 1 is 1.30 bits per heavy atom. The fourth-order valence-electron chi connectivity index (χ4n) is 1.96. The summed E-state index contributed by atoms with van der Waals surface area (Å²) in [5, 5.41) is 15.0. The molecule has 124 valence electrons. The lowest BCUT2D eigenvalue weighted by atomic mass is 10.1. The van der Waals surface area contributed by atoms with E-state index in [1.165, 1.54) is 30.5 Å². The average molecular weight is 327 g/mol. The molecule has 0 saturated carbocycles. The van der Waals surface area contributed by atoms with Crippen LogP contribution in [0, 0.1) is 0 Å². The van der Waals surface area contributed by atoms with Gasteiger partial charge in [0.1, 0.15) is 0 Å². The van der Waals surface area contributed by atoms with Crippen molar-refractivity contribution in [1.82, 2.24) is 15.1 Å². The van der Waals surface area contributed by atoms with E-state index in [1.54, 1.807) is 6.92 Å². The molecule has 0 radical (unpaired) electrons. The zero-order valence-electron chi connectivity index (χ0n) is 12.3. The summed E-state index contributed by atoms with van der Waals surface area (Å²) in [5.41, 5.74) is -0.181. The van der Waals surface area contributed by atoms with Gasteiger partial charge in [0.25, 0.3) is 5.91 Å². The minimum absolute atomic E-state index is 0.0266. The molecule has 1 amide bonds. The topological polar surface area (TPSA) is 67.2 Å². The van der Waals surface area contributed by atoms with Crippen molar-refractivity contribution in [2.45, 2.75) is 25.6 Å². The van der Waals surface area contributed by atoms with Gasteiger partial charge in [0.05, 0.1) is 5.69 Å². The van der Waals surface area contributed by atoms with Crippen LogP contribution in [0.15, 0.2) is 36.5 Å². The number of hydrogen-bond donors (Lipinski definition) is 2. The fourth-order valence-corrected chi connectivity index (χ4v) is 1.96. The molecule has 0 aliphatic carbocycles. The number of benzene rings is 1. The van der Waals surface area contributed by atoms with Crippen LogP contribution in [0.2, 0.25) is 0 Å². The van der Waals surface area contributed by atoms with E-state index in [0.29, 0.717) is 17.7 Å². The summed E-state index contributed by atoms with van der Waals surface area (Å²) in [7, 11) is 0. The van der Waals surface area contributed by atoms with Gasteiger partial charge in [-0.2, -0.15) is 18.3 Å². The minimum atomic E-state index is -4.49. The van der Waals surface area contributed by atoms with Crippen LogP contribution < -0.4 is 5.32 Å². The molecule has 2 rings (SSSR count). The van der Waals surface area contributed by atoms with Crippen LogP contribution >= 0.6 is 0 Å². The van der Waals surface area contributed by atoms with Gasteiger partial charge >= 0.3 is 6.18 Å². The van der Waals surface area contributed by atoms with Crippen LogP contribution in [0.4, 0.5) is 13.2 Å². The molecule has 8 heteroatoms. The average Bonchev–Trinajstić information content (AvgIpc) is 2.97. The standard InChI is InChI=1S/C15H16F3N3O2/c1-10(7-9-22)19-14(23)11-2-4-12(5-3-11)21-8-6-13(20-21)15(16,17)18/h2-6,8,10,22H,7,9H2,1H3,(H,19,23). The molecular formula is C15H16F3N3O2. The Balaban J connectivity index is 2.10. The second-order valence-electron chi connectivity index (χ2n) is 5.08. The normalized spacial score (nSPS) is 12.9. The number of aliphatic hydroxyl groups is 1. The molecule has 0 saturated heterocycles. The second kappa shape index (κ2) is 6.82. The van der Waals surface area contributed by atoms with Crippen molar-refractivity contribution >= 4 is 5.91 Å². The summed E-state index contributed by atoms with van der Waals surface area (Å²) >= 11 is 0. The molecule has 0 aliphatic rings. The molecule has 23 heavy (non-hydrogen) atoms. The zero-order valence-corrected chi connectivity index (χ0v) is 12.3. The molecule has 2 N–H and O–H groups in total. The highest BCUT2D eigenvalue weighted by Crippen LogP contribution is 2.27. The smallest absolute Gasteiger partial charge is 0.396 e. The van der Waals surface area contributed by atoms with Crippen molar-refractivity contribution in [3.8, 4) is 5.69 Å². The molecule has 0 spiro atoms. The number of hydrogen-bond acceptors (Lipinski definition) is 3. The van der Waals surface area contributed by atoms with Crippen molar-refractivity contribution in [3.05, 3.63) is 47.8 Å². The number of carbonyl (C=O) groups is 1. The number of aromatic nitrogens is 2. The van der Waals surface area contributed by atoms with E-state index in [-0.39, 0.29) is 18.6 Å². The largest absolute Gasteiger partial charge is 0.435 e. The van der Waals surface area contributed by atoms with Gasteiger partial charge in [-0.3, -0.25) is 4.79 Å². The monoisotopic (exact) mass is 327 g/mol. The van der Waals surface area contributed by atoms with Gasteiger partial charge in [0.15, 0.2) is 5.69 Å². The summed E-state index contributed by atoms with van der Waals surface area (Å²) in [6.45, 7) is 1.74. The van der Waals surface area contributed by atoms with Crippen LogP contribution in [-0.4, -0.2) is 33.4 Å². The van der Waals surface area contributed by atoms with E-state index in [4.69, 9.17) is 5.11 Å². The number of nitrogens with zero attached hydrogens (tertiary/aromatic N) is 2. The summed E-state index contributed by atoms with van der Waals surface area (Å²) in [4.78, 5) is 11.9.